The highest BCUT2D eigenvalue weighted by atomic mass is 35.5. The highest BCUT2D eigenvalue weighted by Crippen LogP contribution is 2.34. The first-order chi connectivity index (χ1) is 15.3. The molecule has 0 N–H and O–H groups in total. The molecule has 1 fully saturated rings. The molecule has 33 heavy (non-hydrogen) atoms. The van der Waals surface area contributed by atoms with Gasteiger partial charge in [0, 0.05) is 42.9 Å². The van der Waals surface area contributed by atoms with Crippen LogP contribution in [0, 0.1) is 13.8 Å². The van der Waals surface area contributed by atoms with Crippen molar-refractivity contribution in [1.82, 2.24) is 19.7 Å². The molecule has 2 aromatic heterocycles. The van der Waals surface area contributed by atoms with E-state index in [0.29, 0.717) is 22.4 Å². The maximum Gasteiger partial charge on any atom is 0.280 e. The first-order valence-electron chi connectivity index (χ1n) is 11.1. The number of amides is 1. The predicted octanol–water partition coefficient (Wildman–Crippen LogP) is 5.13. The van der Waals surface area contributed by atoms with Gasteiger partial charge in [0.05, 0.1) is 23.4 Å². The van der Waals surface area contributed by atoms with Crippen LogP contribution in [0.3, 0.4) is 0 Å². The normalized spacial score (nSPS) is 14.6. The number of carbonyl (C=O) groups is 1. The van der Waals surface area contributed by atoms with E-state index in [2.05, 4.69) is 23.8 Å². The molecular weight excluding hydrogens is 481 g/mol. The lowest BCUT2D eigenvalue weighted by Crippen LogP contribution is -2.39. The van der Waals surface area contributed by atoms with Crippen LogP contribution < -0.4 is 4.90 Å². The summed E-state index contributed by atoms with van der Waals surface area (Å²) in [4.78, 5) is 22.6. The standard InChI is InChI=1S/C23H30ClN5O2S.ClH/c1-15(2)29-16(3)14-19(26-29)22(30)28(9-5-8-27-10-12-31-13-11-27)23-25-21-17(4)18(24)6-7-20(21)32-23;/h6-7,14-15H,5,8-13H2,1-4H3;1H. The van der Waals surface area contributed by atoms with Crippen molar-refractivity contribution in [3.63, 3.8) is 0 Å². The number of morpholine rings is 1. The Balaban J connectivity index is 0.00000306. The van der Waals surface area contributed by atoms with E-state index < -0.39 is 0 Å². The molecule has 7 nitrogen and oxygen atoms in total. The van der Waals surface area contributed by atoms with Gasteiger partial charge < -0.3 is 4.74 Å². The average molecular weight is 513 g/mol. The minimum atomic E-state index is -0.114. The Morgan fingerprint density at radius 3 is 2.67 bits per heavy atom. The Bertz CT molecular complexity index is 1110. The lowest BCUT2D eigenvalue weighted by Gasteiger charge is -2.27. The van der Waals surface area contributed by atoms with Crippen molar-refractivity contribution < 1.29 is 9.53 Å². The number of nitrogens with zero attached hydrogens (tertiary/aromatic N) is 5. The van der Waals surface area contributed by atoms with Gasteiger partial charge in [-0.25, -0.2) is 4.98 Å². The maximum atomic E-state index is 13.6. The molecule has 1 aliphatic heterocycles. The van der Waals surface area contributed by atoms with Gasteiger partial charge in [-0.15, -0.1) is 12.4 Å². The zero-order chi connectivity index (χ0) is 22.8. The van der Waals surface area contributed by atoms with Crippen LogP contribution in [0.5, 0.6) is 0 Å². The summed E-state index contributed by atoms with van der Waals surface area (Å²) in [6, 6.07) is 5.92. The summed E-state index contributed by atoms with van der Waals surface area (Å²) in [7, 11) is 0. The quantitative estimate of drug-likeness (QED) is 0.439. The molecule has 4 rings (SSSR count). The lowest BCUT2D eigenvalue weighted by molar-refractivity contribution is 0.0376. The topological polar surface area (TPSA) is 63.5 Å². The first kappa shape index (κ1) is 25.9. The van der Waals surface area contributed by atoms with Crippen molar-refractivity contribution >= 4 is 56.6 Å². The summed E-state index contributed by atoms with van der Waals surface area (Å²) in [5.41, 5.74) is 3.22. The number of aromatic nitrogens is 3. The summed E-state index contributed by atoms with van der Waals surface area (Å²) in [5.74, 6) is -0.114. The molecule has 1 aliphatic rings. The van der Waals surface area contributed by atoms with Crippen molar-refractivity contribution in [1.29, 1.82) is 0 Å². The second-order valence-electron chi connectivity index (χ2n) is 8.49. The van der Waals surface area contributed by atoms with Crippen molar-refractivity contribution in [3.8, 4) is 0 Å². The SMILES string of the molecule is Cc1c(Cl)ccc2sc(N(CCCN3CCOCC3)C(=O)c3cc(C)n(C(C)C)n3)nc12.Cl. The predicted molar refractivity (Wildman–Crippen MR) is 138 cm³/mol. The highest BCUT2D eigenvalue weighted by Gasteiger charge is 2.25. The molecule has 1 aromatic carbocycles. The van der Waals surface area contributed by atoms with Crippen LogP contribution in [0.1, 0.15) is 48.1 Å². The van der Waals surface area contributed by atoms with Crippen LogP contribution >= 0.6 is 35.3 Å². The molecule has 0 unspecified atom stereocenters. The monoisotopic (exact) mass is 511 g/mol. The third kappa shape index (κ3) is 5.69. The van der Waals surface area contributed by atoms with E-state index in [1.165, 1.54) is 11.3 Å². The molecular formula is C23H31Cl2N5O2S. The van der Waals surface area contributed by atoms with Gasteiger partial charge in [0.25, 0.3) is 5.91 Å². The molecule has 180 valence electrons. The van der Waals surface area contributed by atoms with Crippen LogP contribution in [-0.2, 0) is 4.74 Å². The van der Waals surface area contributed by atoms with Crippen LogP contribution in [-0.4, -0.2) is 65.0 Å². The minimum absolute atomic E-state index is 0. The molecule has 0 atom stereocenters. The van der Waals surface area contributed by atoms with E-state index in [1.54, 1.807) is 4.90 Å². The number of hydrogen-bond donors (Lipinski definition) is 0. The van der Waals surface area contributed by atoms with Crippen molar-refractivity contribution in [2.75, 3.05) is 44.3 Å². The molecule has 10 heteroatoms. The van der Waals surface area contributed by atoms with Gasteiger partial charge in [-0.3, -0.25) is 19.3 Å². The Labute approximate surface area is 210 Å². The Morgan fingerprint density at radius 2 is 2.00 bits per heavy atom. The van der Waals surface area contributed by atoms with Crippen molar-refractivity contribution in [2.24, 2.45) is 0 Å². The summed E-state index contributed by atoms with van der Waals surface area (Å²) in [5, 5.41) is 5.97. The number of benzene rings is 1. The van der Waals surface area contributed by atoms with Gasteiger partial charge in [0.15, 0.2) is 10.8 Å². The number of ether oxygens (including phenoxy) is 1. The minimum Gasteiger partial charge on any atom is -0.379 e. The summed E-state index contributed by atoms with van der Waals surface area (Å²) >= 11 is 7.83. The Kier molecular flexibility index (Phi) is 8.75. The van der Waals surface area contributed by atoms with E-state index in [9.17, 15) is 4.79 Å². The van der Waals surface area contributed by atoms with Gasteiger partial charge in [-0.1, -0.05) is 22.9 Å². The van der Waals surface area contributed by atoms with Crippen LogP contribution in [0.25, 0.3) is 10.2 Å². The molecule has 3 aromatic rings. The smallest absolute Gasteiger partial charge is 0.280 e. The molecule has 0 bridgehead atoms. The highest BCUT2D eigenvalue weighted by molar-refractivity contribution is 7.22. The number of halogens is 2. The number of anilines is 1. The molecule has 0 radical (unpaired) electrons. The largest absolute Gasteiger partial charge is 0.379 e. The molecule has 3 heterocycles. The molecule has 1 amide bonds. The van der Waals surface area contributed by atoms with Crippen LogP contribution in [0.15, 0.2) is 18.2 Å². The second kappa shape index (κ2) is 11.1. The third-order valence-corrected chi connectivity index (χ3v) is 7.26. The fraction of sp³-hybridized carbons (Fsp3) is 0.522. The van der Waals surface area contributed by atoms with Crippen LogP contribution in [0.4, 0.5) is 5.13 Å². The molecule has 1 saturated heterocycles. The Hall–Kier alpha value is -1.71. The molecule has 0 aliphatic carbocycles. The number of hydrogen-bond acceptors (Lipinski definition) is 6. The van der Waals surface area contributed by atoms with E-state index in [0.717, 1.165) is 60.7 Å². The van der Waals surface area contributed by atoms with Gasteiger partial charge >= 0.3 is 0 Å². The van der Waals surface area contributed by atoms with Gasteiger partial charge in [-0.2, -0.15) is 5.10 Å². The first-order valence-corrected chi connectivity index (χ1v) is 12.3. The van der Waals surface area contributed by atoms with Gasteiger partial charge in [0.1, 0.15) is 0 Å². The number of rotatable bonds is 7. The average Bonchev–Trinajstić information content (AvgIpc) is 3.38. The number of fused-ring (bicyclic) bond motifs is 1. The van der Waals surface area contributed by atoms with Crippen molar-refractivity contribution in [2.45, 2.75) is 40.2 Å². The summed E-state index contributed by atoms with van der Waals surface area (Å²) in [6.45, 7) is 13.0. The van der Waals surface area contributed by atoms with E-state index in [4.69, 9.17) is 21.3 Å². The van der Waals surface area contributed by atoms with Crippen molar-refractivity contribution in [3.05, 3.63) is 40.2 Å². The molecule has 0 spiro atoms. The number of thiazole rings is 1. The zero-order valence-electron chi connectivity index (χ0n) is 19.5. The third-order valence-electron chi connectivity index (χ3n) is 5.80. The van der Waals surface area contributed by atoms with Gasteiger partial charge in [0.2, 0.25) is 0 Å². The van der Waals surface area contributed by atoms with E-state index in [1.807, 2.05) is 36.7 Å². The maximum absolute atomic E-state index is 13.6. The Morgan fingerprint density at radius 1 is 1.27 bits per heavy atom. The summed E-state index contributed by atoms with van der Waals surface area (Å²) in [6.07, 6.45) is 0.852. The fourth-order valence-corrected chi connectivity index (χ4v) is 5.22. The lowest BCUT2D eigenvalue weighted by atomic mass is 10.2. The van der Waals surface area contributed by atoms with E-state index in [-0.39, 0.29) is 24.4 Å². The summed E-state index contributed by atoms with van der Waals surface area (Å²) < 4.78 is 8.36. The zero-order valence-corrected chi connectivity index (χ0v) is 21.9. The number of aryl methyl sites for hydroxylation is 2. The number of carbonyl (C=O) groups excluding carboxylic acids is 1. The van der Waals surface area contributed by atoms with Gasteiger partial charge in [-0.05, 0) is 57.9 Å². The second-order valence-corrected chi connectivity index (χ2v) is 9.91. The molecule has 0 saturated carbocycles. The van der Waals surface area contributed by atoms with Crippen LogP contribution in [0.2, 0.25) is 5.02 Å². The van der Waals surface area contributed by atoms with E-state index >= 15 is 0 Å². The fourth-order valence-electron chi connectivity index (χ4n) is 4.02.